The monoisotopic (exact) mass is 826 g/mol. The summed E-state index contributed by atoms with van der Waals surface area (Å²) in [6, 6.07) is 50.8. The molecule has 7 aliphatic rings. The zero-order valence-corrected chi connectivity index (χ0v) is 39.2. The number of hydrogen-bond acceptors (Lipinski definition) is 1. The second-order valence-electron chi connectivity index (χ2n) is 23.9. The SMILES string of the molecule is CC1(C)CCC(C)(C)c2cc(-c3ccccc3N(c3ccc4c(c3)C3(c5ccccc5-4)C4CC5CC(C4)CC3C5)c3ccccc3-c3ccc4c(c3)C(C)(C)CCC4(C)C)ccc21. The second kappa shape index (κ2) is 13.6. The average Bonchev–Trinajstić information content (AvgIpc) is 3.56. The van der Waals surface area contributed by atoms with Crippen molar-refractivity contribution in [2.75, 3.05) is 4.90 Å². The first-order valence-corrected chi connectivity index (χ1v) is 24.7. The van der Waals surface area contributed by atoms with Gasteiger partial charge in [-0.15, -0.1) is 0 Å². The molecule has 0 radical (unpaired) electrons. The van der Waals surface area contributed by atoms with E-state index in [1.807, 2.05) is 0 Å². The fraction of sp³-hybridized carbons (Fsp3) is 0.419. The lowest BCUT2D eigenvalue weighted by atomic mass is 9.43. The van der Waals surface area contributed by atoms with Crippen molar-refractivity contribution in [1.29, 1.82) is 0 Å². The Hall–Kier alpha value is -4.88. The molecular weight excluding hydrogens is 759 g/mol. The Balaban J connectivity index is 1.09. The largest absolute Gasteiger partial charge is 0.309 e. The molecule has 6 aromatic carbocycles. The number of hydrogen-bond donors (Lipinski definition) is 0. The normalized spacial score (nSPS) is 27.0. The van der Waals surface area contributed by atoms with Crippen molar-refractivity contribution >= 4 is 17.1 Å². The van der Waals surface area contributed by atoms with Crippen LogP contribution in [0.2, 0.25) is 0 Å². The van der Waals surface area contributed by atoms with Gasteiger partial charge < -0.3 is 4.90 Å². The summed E-state index contributed by atoms with van der Waals surface area (Å²) in [5, 5.41) is 0. The van der Waals surface area contributed by atoms with Crippen molar-refractivity contribution in [3.8, 4) is 33.4 Å². The maximum absolute atomic E-state index is 2.70. The first kappa shape index (κ1) is 39.7. The van der Waals surface area contributed by atoms with Crippen LogP contribution in [0.15, 0.2) is 127 Å². The number of rotatable bonds is 5. The number of para-hydroxylation sites is 2. The molecule has 0 amide bonds. The number of nitrogens with zero attached hydrogens (tertiary/aromatic N) is 1. The molecule has 6 aromatic rings. The second-order valence-corrected chi connectivity index (χ2v) is 23.9. The molecule has 1 nitrogen and oxygen atoms in total. The van der Waals surface area contributed by atoms with Crippen LogP contribution in [0, 0.1) is 23.7 Å². The van der Waals surface area contributed by atoms with Gasteiger partial charge in [-0.3, -0.25) is 0 Å². The fourth-order valence-corrected chi connectivity index (χ4v) is 15.0. The van der Waals surface area contributed by atoms with Crippen LogP contribution in [-0.4, -0.2) is 0 Å². The molecule has 63 heavy (non-hydrogen) atoms. The van der Waals surface area contributed by atoms with Crippen LogP contribution in [0.4, 0.5) is 17.1 Å². The van der Waals surface area contributed by atoms with Gasteiger partial charge in [-0.1, -0.05) is 159 Å². The molecule has 0 unspecified atom stereocenters. The molecule has 0 aliphatic heterocycles. The first-order chi connectivity index (χ1) is 30.2. The van der Waals surface area contributed by atoms with E-state index in [-0.39, 0.29) is 27.1 Å². The van der Waals surface area contributed by atoms with Gasteiger partial charge in [0.05, 0.1) is 11.4 Å². The molecule has 0 aromatic heterocycles. The summed E-state index contributed by atoms with van der Waals surface area (Å²) in [5.41, 5.74) is 21.9. The van der Waals surface area contributed by atoms with E-state index >= 15 is 0 Å². The van der Waals surface area contributed by atoms with E-state index in [0.717, 1.165) is 11.8 Å². The van der Waals surface area contributed by atoms with Crippen LogP contribution in [0.1, 0.15) is 147 Å². The molecule has 1 heteroatoms. The average molecular weight is 826 g/mol. The van der Waals surface area contributed by atoms with Crippen molar-refractivity contribution in [1.82, 2.24) is 0 Å². The molecule has 4 bridgehead atoms. The quantitative estimate of drug-likeness (QED) is 0.167. The van der Waals surface area contributed by atoms with E-state index in [9.17, 15) is 0 Å². The van der Waals surface area contributed by atoms with Gasteiger partial charge in [0.15, 0.2) is 0 Å². The Morgan fingerprint density at radius 1 is 0.365 bits per heavy atom. The molecule has 4 fully saturated rings. The number of anilines is 3. The minimum absolute atomic E-state index is 0.0911. The Labute approximate surface area is 378 Å². The smallest absolute Gasteiger partial charge is 0.0540 e. The Morgan fingerprint density at radius 3 is 1.30 bits per heavy atom. The van der Waals surface area contributed by atoms with Gasteiger partial charge in [0.2, 0.25) is 0 Å². The zero-order chi connectivity index (χ0) is 43.3. The maximum atomic E-state index is 2.70. The van der Waals surface area contributed by atoms with Crippen molar-refractivity contribution in [3.63, 3.8) is 0 Å². The van der Waals surface area contributed by atoms with Crippen LogP contribution in [0.5, 0.6) is 0 Å². The van der Waals surface area contributed by atoms with Crippen molar-refractivity contribution in [2.24, 2.45) is 23.7 Å². The number of benzene rings is 6. The zero-order valence-electron chi connectivity index (χ0n) is 39.2. The lowest BCUT2D eigenvalue weighted by Gasteiger charge is -2.61. The standard InChI is InChI=1S/C62H67N/c1-58(2)27-29-60(5,6)54-36-41(21-25-51(54)58)46-15-10-13-19-56(46)63(57-20-14-11-16-47(57)42-22-26-52-55(37-42)61(7,8)30-28-59(52,3)4)45-23-24-49-48-17-9-12-18-50(48)62(53(49)38-45)43-32-39-31-40(34-43)35-44(62)33-39/h9-26,36-40,43-44H,27-35H2,1-8H3. The Morgan fingerprint density at radius 2 is 0.794 bits per heavy atom. The van der Waals surface area contributed by atoms with Gasteiger partial charge in [-0.05, 0) is 183 Å². The molecule has 0 atom stereocenters. The van der Waals surface area contributed by atoms with E-state index in [4.69, 9.17) is 0 Å². The fourth-order valence-electron chi connectivity index (χ4n) is 15.0. The molecule has 320 valence electrons. The predicted octanol–water partition coefficient (Wildman–Crippen LogP) is 16.9. The van der Waals surface area contributed by atoms with Crippen molar-refractivity contribution in [2.45, 2.75) is 140 Å². The molecule has 13 rings (SSSR count). The summed E-state index contributed by atoms with van der Waals surface area (Å²) in [4.78, 5) is 2.67. The number of fused-ring (bicyclic) bond motifs is 5. The molecular formula is C62H67N. The van der Waals surface area contributed by atoms with Crippen molar-refractivity contribution in [3.05, 3.63) is 161 Å². The molecule has 7 aliphatic carbocycles. The van der Waals surface area contributed by atoms with E-state index in [2.05, 4.69) is 188 Å². The summed E-state index contributed by atoms with van der Waals surface area (Å²) >= 11 is 0. The lowest BCUT2D eigenvalue weighted by Crippen LogP contribution is -2.55. The van der Waals surface area contributed by atoms with Gasteiger partial charge in [-0.25, -0.2) is 0 Å². The predicted molar refractivity (Wildman–Crippen MR) is 266 cm³/mol. The van der Waals surface area contributed by atoms with Gasteiger partial charge >= 0.3 is 0 Å². The highest BCUT2D eigenvalue weighted by Crippen LogP contribution is 2.70. The summed E-state index contributed by atoms with van der Waals surface area (Å²) in [5.74, 6) is 3.25. The van der Waals surface area contributed by atoms with Crippen LogP contribution in [0.3, 0.4) is 0 Å². The van der Waals surface area contributed by atoms with Crippen LogP contribution < -0.4 is 4.90 Å². The minimum atomic E-state index is 0.0911. The molecule has 0 heterocycles. The molecule has 0 N–H and O–H groups in total. The Kier molecular flexibility index (Phi) is 8.55. The summed E-state index contributed by atoms with van der Waals surface area (Å²) in [7, 11) is 0. The maximum Gasteiger partial charge on any atom is 0.0540 e. The van der Waals surface area contributed by atoms with Gasteiger partial charge in [0, 0.05) is 22.2 Å². The molecule has 4 saturated carbocycles. The highest BCUT2D eigenvalue weighted by Gasteiger charge is 2.61. The third-order valence-electron chi connectivity index (χ3n) is 18.4. The van der Waals surface area contributed by atoms with E-state index < -0.39 is 0 Å². The highest BCUT2D eigenvalue weighted by atomic mass is 15.1. The third-order valence-corrected chi connectivity index (χ3v) is 18.4. The van der Waals surface area contributed by atoms with E-state index in [0.29, 0.717) is 11.8 Å². The minimum Gasteiger partial charge on any atom is -0.309 e. The lowest BCUT2D eigenvalue weighted by molar-refractivity contribution is -0.0399. The van der Waals surface area contributed by atoms with Crippen LogP contribution in [0.25, 0.3) is 33.4 Å². The molecule has 0 saturated heterocycles. The van der Waals surface area contributed by atoms with Gasteiger partial charge in [-0.2, -0.15) is 0 Å². The molecule has 1 spiro atoms. The summed E-state index contributed by atoms with van der Waals surface area (Å²) < 4.78 is 0. The third kappa shape index (κ3) is 5.79. The topological polar surface area (TPSA) is 3.24 Å². The van der Waals surface area contributed by atoms with E-state index in [1.54, 1.807) is 11.1 Å². The van der Waals surface area contributed by atoms with Gasteiger partial charge in [0.1, 0.15) is 0 Å². The van der Waals surface area contributed by atoms with Gasteiger partial charge in [0.25, 0.3) is 0 Å². The first-order valence-electron chi connectivity index (χ1n) is 24.7. The van der Waals surface area contributed by atoms with E-state index in [1.165, 1.54) is 130 Å². The van der Waals surface area contributed by atoms with Crippen LogP contribution >= 0.6 is 0 Å². The van der Waals surface area contributed by atoms with Crippen LogP contribution in [-0.2, 0) is 27.1 Å². The highest BCUT2D eigenvalue weighted by molar-refractivity contribution is 5.95. The Bertz CT molecular complexity index is 2670. The summed E-state index contributed by atoms with van der Waals surface area (Å²) in [6.45, 7) is 19.6. The van der Waals surface area contributed by atoms with Crippen molar-refractivity contribution < 1.29 is 0 Å². The summed E-state index contributed by atoms with van der Waals surface area (Å²) in [6.07, 6.45) is 11.9.